The molecule has 0 fully saturated rings. The van der Waals surface area contributed by atoms with Crippen LogP contribution in [0.4, 0.5) is 0 Å². The smallest absolute Gasteiger partial charge is 0.303 e. The van der Waals surface area contributed by atoms with Crippen molar-refractivity contribution in [2.24, 2.45) is 5.73 Å². The first-order chi connectivity index (χ1) is 4.27. The minimum atomic E-state index is -0.716. The molecule has 0 saturated heterocycles. The van der Waals surface area contributed by atoms with E-state index in [1.807, 2.05) is 0 Å². The first-order valence-corrected chi connectivity index (χ1v) is 3.19. The fourth-order valence-electron chi connectivity index (χ4n) is 0.597. The standard InChI is InChI=1S/C6H13NO2.Rb/c7-5-3-1-2-4-6(8)9;/h1-5,7H2,(H,8,9);. The molecule has 0 atom stereocenters. The number of carboxylic acids is 1. The van der Waals surface area contributed by atoms with Gasteiger partial charge < -0.3 is 10.8 Å². The summed E-state index contributed by atoms with van der Waals surface area (Å²) in [5, 5.41) is 8.18. The molecular formula is C6H13NO2Rb. The molecule has 0 bridgehead atoms. The zero-order valence-corrected chi connectivity index (χ0v) is 11.4. The second-order valence-corrected chi connectivity index (χ2v) is 1.99. The van der Waals surface area contributed by atoms with Gasteiger partial charge in [-0.2, -0.15) is 0 Å². The van der Waals surface area contributed by atoms with Crippen LogP contribution in [0.2, 0.25) is 0 Å². The average Bonchev–Trinajstić information content (AvgIpc) is 1.80. The fraction of sp³-hybridized carbons (Fsp3) is 0.833. The number of aliphatic carboxylic acids is 1. The van der Waals surface area contributed by atoms with Crippen molar-refractivity contribution in [1.29, 1.82) is 0 Å². The molecule has 4 heteroatoms. The molecule has 0 saturated carbocycles. The Bertz CT molecular complexity index is 87.8. The molecular weight excluding hydrogens is 204 g/mol. The Hall–Kier alpha value is 1.24. The van der Waals surface area contributed by atoms with Crippen LogP contribution in [-0.2, 0) is 4.79 Å². The van der Waals surface area contributed by atoms with Crippen molar-refractivity contribution >= 4 is 64.2 Å². The largest absolute Gasteiger partial charge is 0.481 e. The molecule has 0 aliphatic carbocycles. The van der Waals surface area contributed by atoms with E-state index in [9.17, 15) is 4.79 Å². The van der Waals surface area contributed by atoms with Crippen molar-refractivity contribution in [3.8, 4) is 0 Å². The van der Waals surface area contributed by atoms with Crippen molar-refractivity contribution < 1.29 is 9.90 Å². The van der Waals surface area contributed by atoms with E-state index < -0.39 is 5.97 Å². The van der Waals surface area contributed by atoms with Crippen molar-refractivity contribution in [1.82, 2.24) is 0 Å². The summed E-state index contributed by atoms with van der Waals surface area (Å²) < 4.78 is 0. The first-order valence-electron chi connectivity index (χ1n) is 3.19. The Morgan fingerprint density at radius 2 is 1.90 bits per heavy atom. The Labute approximate surface area is 110 Å². The maximum atomic E-state index is 9.93. The molecule has 0 aromatic rings. The van der Waals surface area contributed by atoms with Gasteiger partial charge in [-0.15, -0.1) is 0 Å². The van der Waals surface area contributed by atoms with Gasteiger partial charge in [0.15, 0.2) is 0 Å². The van der Waals surface area contributed by atoms with Crippen molar-refractivity contribution in [3.05, 3.63) is 0 Å². The van der Waals surface area contributed by atoms with Gasteiger partial charge in [-0.1, -0.05) is 6.42 Å². The monoisotopic (exact) mass is 216 g/mol. The summed E-state index contributed by atoms with van der Waals surface area (Å²) >= 11 is 0. The summed E-state index contributed by atoms with van der Waals surface area (Å²) in [6, 6.07) is 0. The minimum absolute atomic E-state index is 0. The predicted octanol–water partition coefficient (Wildman–Crippen LogP) is 0.209. The molecule has 55 valence electrons. The molecule has 0 aliphatic heterocycles. The Kier molecular flexibility index (Phi) is 14.1. The summed E-state index contributed by atoms with van der Waals surface area (Å²) in [4.78, 5) is 9.93. The number of hydrogen-bond acceptors (Lipinski definition) is 2. The molecule has 0 amide bonds. The summed E-state index contributed by atoms with van der Waals surface area (Å²) in [5.74, 6) is -0.716. The molecule has 0 spiro atoms. The summed E-state index contributed by atoms with van der Waals surface area (Å²) in [5.41, 5.74) is 5.20. The molecule has 0 rings (SSSR count). The third-order valence-corrected chi connectivity index (χ3v) is 1.09. The number of carboxylic acid groups (broad SMARTS) is 1. The van der Waals surface area contributed by atoms with E-state index in [2.05, 4.69) is 0 Å². The van der Waals surface area contributed by atoms with Gasteiger partial charge in [0.25, 0.3) is 0 Å². The van der Waals surface area contributed by atoms with Gasteiger partial charge in [-0.3, -0.25) is 4.79 Å². The summed E-state index contributed by atoms with van der Waals surface area (Å²) in [6.45, 7) is 0.666. The molecule has 0 heterocycles. The fourth-order valence-corrected chi connectivity index (χ4v) is 0.597. The molecule has 10 heavy (non-hydrogen) atoms. The SMILES string of the molecule is NCCCCCC(=O)O.[Rb]. The molecule has 0 aliphatic rings. The number of rotatable bonds is 5. The van der Waals surface area contributed by atoms with E-state index in [-0.39, 0.29) is 64.6 Å². The van der Waals surface area contributed by atoms with Gasteiger partial charge in [0.2, 0.25) is 0 Å². The number of nitrogens with two attached hydrogens (primary N) is 1. The van der Waals surface area contributed by atoms with Gasteiger partial charge >= 0.3 is 5.97 Å². The van der Waals surface area contributed by atoms with Crippen LogP contribution in [-0.4, -0.2) is 75.8 Å². The number of unbranched alkanes of at least 4 members (excludes halogenated alkanes) is 2. The zero-order chi connectivity index (χ0) is 7.11. The zero-order valence-electron chi connectivity index (χ0n) is 6.47. The Morgan fingerprint density at radius 3 is 2.30 bits per heavy atom. The topological polar surface area (TPSA) is 63.3 Å². The molecule has 0 aromatic heterocycles. The number of hydrogen-bond donors (Lipinski definition) is 2. The van der Waals surface area contributed by atoms with Crippen molar-refractivity contribution in [2.75, 3.05) is 6.54 Å². The molecule has 1 radical (unpaired) electrons. The van der Waals surface area contributed by atoms with Crippen molar-refractivity contribution in [2.45, 2.75) is 25.7 Å². The second-order valence-electron chi connectivity index (χ2n) is 1.99. The number of carbonyl (C=O) groups is 1. The van der Waals surface area contributed by atoms with E-state index in [0.717, 1.165) is 19.3 Å². The normalized spacial score (nSPS) is 8.50. The van der Waals surface area contributed by atoms with Crippen LogP contribution >= 0.6 is 0 Å². The van der Waals surface area contributed by atoms with E-state index >= 15 is 0 Å². The maximum Gasteiger partial charge on any atom is 0.303 e. The van der Waals surface area contributed by atoms with Crippen LogP contribution in [0.5, 0.6) is 0 Å². The van der Waals surface area contributed by atoms with E-state index in [1.165, 1.54) is 0 Å². The van der Waals surface area contributed by atoms with Crippen LogP contribution in [0, 0.1) is 0 Å². The molecule has 3 nitrogen and oxygen atoms in total. The second kappa shape index (κ2) is 10.2. The van der Waals surface area contributed by atoms with Crippen LogP contribution in [0.15, 0.2) is 0 Å². The predicted molar refractivity (Wildman–Crippen MR) is 40.9 cm³/mol. The molecule has 0 unspecified atom stereocenters. The summed E-state index contributed by atoms with van der Waals surface area (Å²) in [6.07, 6.45) is 2.91. The van der Waals surface area contributed by atoms with Crippen molar-refractivity contribution in [3.63, 3.8) is 0 Å². The van der Waals surface area contributed by atoms with Crippen LogP contribution in [0.1, 0.15) is 25.7 Å². The van der Waals surface area contributed by atoms with Gasteiger partial charge in [0.05, 0.1) is 0 Å². The van der Waals surface area contributed by atoms with Gasteiger partial charge in [-0.05, 0) is 19.4 Å². The van der Waals surface area contributed by atoms with Crippen LogP contribution < -0.4 is 5.73 Å². The van der Waals surface area contributed by atoms with Gasteiger partial charge in [0, 0.05) is 64.6 Å². The van der Waals surface area contributed by atoms with E-state index in [4.69, 9.17) is 10.8 Å². The summed E-state index contributed by atoms with van der Waals surface area (Å²) in [7, 11) is 0. The minimum Gasteiger partial charge on any atom is -0.481 e. The van der Waals surface area contributed by atoms with Gasteiger partial charge in [0.1, 0.15) is 0 Å². The quantitative estimate of drug-likeness (QED) is 0.646. The Balaban J connectivity index is 0. The van der Waals surface area contributed by atoms with Gasteiger partial charge in [-0.25, -0.2) is 0 Å². The molecule has 0 aromatic carbocycles. The first kappa shape index (κ1) is 13.8. The van der Waals surface area contributed by atoms with Crippen LogP contribution in [0.25, 0.3) is 0 Å². The Morgan fingerprint density at radius 1 is 1.30 bits per heavy atom. The van der Waals surface area contributed by atoms with Crippen LogP contribution in [0.3, 0.4) is 0 Å². The van der Waals surface area contributed by atoms with E-state index in [0.29, 0.717) is 6.54 Å². The third-order valence-electron chi connectivity index (χ3n) is 1.09. The average molecular weight is 217 g/mol. The van der Waals surface area contributed by atoms with E-state index in [1.54, 1.807) is 0 Å². The molecule has 3 N–H and O–H groups in total. The maximum absolute atomic E-state index is 9.93. The third kappa shape index (κ3) is 12.0.